The monoisotopic (exact) mass is 737 g/mol. The molecule has 1 aliphatic heterocycles. The third kappa shape index (κ3) is 7.10. The van der Waals surface area contributed by atoms with Crippen LogP contribution in [-0.2, 0) is 19.2 Å². The van der Waals surface area contributed by atoms with Crippen molar-refractivity contribution in [3.8, 4) is 0 Å². The molecule has 11 nitrogen and oxygen atoms in total. The highest BCUT2D eigenvalue weighted by Gasteiger charge is 2.85. The van der Waals surface area contributed by atoms with Crippen LogP contribution in [0.5, 0.6) is 0 Å². The fourth-order valence-corrected chi connectivity index (χ4v) is 10.00. The van der Waals surface area contributed by atoms with Gasteiger partial charge in [-0.1, -0.05) is 87.7 Å². The van der Waals surface area contributed by atoms with E-state index in [4.69, 9.17) is 0 Å². The number of unbranched alkanes of at least 4 members (excludes halogenated alkanes) is 2. The van der Waals surface area contributed by atoms with Crippen LogP contribution in [0.3, 0.4) is 0 Å². The summed E-state index contributed by atoms with van der Waals surface area (Å²) in [6, 6.07) is 1.32. The number of hydrogen-bond donors (Lipinski definition) is 5. The van der Waals surface area contributed by atoms with Gasteiger partial charge in [-0.2, -0.15) is 0 Å². The largest absolute Gasteiger partial charge is 0.372 e. The van der Waals surface area contributed by atoms with Crippen molar-refractivity contribution in [1.82, 2.24) is 30.0 Å². The van der Waals surface area contributed by atoms with Gasteiger partial charge in [0.25, 0.3) is 5.91 Å². The molecule has 5 rings (SSSR count). The zero-order valence-electron chi connectivity index (χ0n) is 32.9. The van der Waals surface area contributed by atoms with Gasteiger partial charge in [0.2, 0.25) is 17.7 Å². The smallest absolute Gasteiger partial charge is 0.257 e. The zero-order valence-corrected chi connectivity index (χ0v) is 33.7. The summed E-state index contributed by atoms with van der Waals surface area (Å²) in [5, 5.41) is 9.61. The van der Waals surface area contributed by atoms with E-state index in [-0.39, 0.29) is 45.8 Å². The Hall–Kier alpha value is -3.12. The van der Waals surface area contributed by atoms with Crippen molar-refractivity contribution in [2.24, 2.45) is 33.0 Å². The number of carbonyl (C=O) groups excluding carboxylic acids is 4. The highest BCUT2D eigenvalue weighted by Crippen LogP contribution is 2.88. The fourth-order valence-electron chi connectivity index (χ4n) is 9.40. The van der Waals surface area contributed by atoms with E-state index in [1.807, 2.05) is 47.6 Å². The molecule has 4 fully saturated rings. The van der Waals surface area contributed by atoms with Crippen LogP contribution in [-0.4, -0.2) is 70.3 Å². The molecule has 0 radical (unpaired) electrons. The molecular weight excluding hydrogens is 675 g/mol. The molecule has 4 amide bonds. The maximum absolute atomic E-state index is 15.0. The molecule has 6 unspecified atom stereocenters. The average Bonchev–Trinajstić information content (AvgIpc) is 3.78. The standard InChI is InChI=1S/C40H63N7O4S/c1-11-13-14-21-42-52-46-34(51)40(22-26(40)12-2)45-31(48)28-23-39(37(9,10)38(39)18-16-19-38)25-47(28)33(50)30(36(6,7)8)44-32(49)29(35(3,4)5)43-27-17-15-20-41-24-27/h12,15,17,20,24,26,28-30,42-43H,2,11,13-14,16,18-19,21-23,25H2,1,3-10H3,(H,44,49)(H,45,48)(H,46,51). The van der Waals surface area contributed by atoms with Crippen molar-refractivity contribution in [2.75, 3.05) is 18.4 Å². The summed E-state index contributed by atoms with van der Waals surface area (Å²) in [5.41, 5.74) is -1.76. The van der Waals surface area contributed by atoms with Gasteiger partial charge in [-0.25, -0.2) is 4.72 Å². The molecule has 3 aliphatic carbocycles. The Bertz CT molecular complexity index is 1520. The Balaban J connectivity index is 1.40. The molecule has 288 valence electrons. The number of carbonyl (C=O) groups is 4. The van der Waals surface area contributed by atoms with E-state index in [9.17, 15) is 19.2 Å². The Morgan fingerprint density at radius 1 is 1.04 bits per heavy atom. The quantitative estimate of drug-likeness (QED) is 0.0870. The van der Waals surface area contributed by atoms with Crippen LogP contribution < -0.4 is 25.4 Å². The van der Waals surface area contributed by atoms with Gasteiger partial charge in [0.05, 0.1) is 5.69 Å². The third-order valence-electron chi connectivity index (χ3n) is 13.0. The van der Waals surface area contributed by atoms with Gasteiger partial charge in [0, 0.05) is 49.0 Å². The van der Waals surface area contributed by atoms with Crippen LogP contribution in [0.1, 0.15) is 114 Å². The van der Waals surface area contributed by atoms with E-state index >= 15 is 0 Å². The average molecular weight is 738 g/mol. The van der Waals surface area contributed by atoms with Crippen molar-refractivity contribution in [1.29, 1.82) is 0 Å². The molecule has 0 aromatic carbocycles. The molecule has 2 heterocycles. The van der Waals surface area contributed by atoms with E-state index < -0.39 is 34.5 Å². The third-order valence-corrected chi connectivity index (χ3v) is 13.7. The first-order valence-electron chi connectivity index (χ1n) is 19.2. The van der Waals surface area contributed by atoms with Crippen molar-refractivity contribution in [2.45, 2.75) is 137 Å². The number of pyridine rings is 1. The number of hydrogen-bond acceptors (Lipinski definition) is 8. The lowest BCUT2D eigenvalue weighted by atomic mass is 9.73. The predicted octanol–water partition coefficient (Wildman–Crippen LogP) is 5.76. The molecule has 12 heteroatoms. The van der Waals surface area contributed by atoms with Crippen LogP contribution in [0.4, 0.5) is 5.69 Å². The maximum Gasteiger partial charge on any atom is 0.257 e. The van der Waals surface area contributed by atoms with Crippen molar-refractivity contribution in [3.63, 3.8) is 0 Å². The SMILES string of the molecule is C=CC1CC1(NC(=O)C1CC2(CN1C(=O)C(NC(=O)C(Nc1cccnc1)C(C)(C)C)C(C)(C)C)C(C)(C)C21CCC1)C(=O)NSNCCCCC. The van der Waals surface area contributed by atoms with Crippen LogP contribution in [0, 0.1) is 33.0 Å². The first-order chi connectivity index (χ1) is 24.3. The van der Waals surface area contributed by atoms with Gasteiger partial charge in [-0.3, -0.25) is 28.9 Å². The van der Waals surface area contributed by atoms with Gasteiger partial charge in [0.15, 0.2) is 0 Å². The van der Waals surface area contributed by atoms with Crippen molar-refractivity contribution >= 4 is 41.5 Å². The highest BCUT2D eigenvalue weighted by atomic mass is 32.2. The topological polar surface area (TPSA) is 145 Å². The maximum atomic E-state index is 15.0. The minimum Gasteiger partial charge on any atom is -0.372 e. The number of anilines is 1. The molecular formula is C40H63N7O4S. The number of likely N-dealkylation sites (tertiary alicyclic amines) is 1. The number of amides is 4. The first-order valence-corrected chi connectivity index (χ1v) is 20.0. The Morgan fingerprint density at radius 2 is 1.73 bits per heavy atom. The van der Waals surface area contributed by atoms with Crippen LogP contribution >= 0.6 is 12.1 Å². The summed E-state index contributed by atoms with van der Waals surface area (Å²) >= 11 is 1.14. The molecule has 4 aliphatic rings. The van der Waals surface area contributed by atoms with E-state index in [0.717, 1.165) is 57.2 Å². The zero-order chi connectivity index (χ0) is 38.3. The number of fused-ring (bicyclic) bond motifs is 1. The van der Waals surface area contributed by atoms with Crippen molar-refractivity contribution < 1.29 is 19.2 Å². The summed E-state index contributed by atoms with van der Waals surface area (Å²) in [4.78, 5) is 63.3. The van der Waals surface area contributed by atoms with Gasteiger partial charge >= 0.3 is 0 Å². The second-order valence-electron chi connectivity index (χ2n) is 18.5. The van der Waals surface area contributed by atoms with E-state index in [0.29, 0.717) is 25.1 Å². The van der Waals surface area contributed by atoms with Gasteiger partial charge in [-0.15, -0.1) is 6.58 Å². The van der Waals surface area contributed by atoms with Gasteiger partial charge in [-0.05, 0) is 65.9 Å². The Kier molecular flexibility index (Phi) is 11.3. The van der Waals surface area contributed by atoms with E-state index in [1.54, 1.807) is 29.4 Å². The minimum atomic E-state index is -1.12. The lowest BCUT2D eigenvalue weighted by molar-refractivity contribution is -0.145. The summed E-state index contributed by atoms with van der Waals surface area (Å²) in [6.07, 6.45) is 12.6. The van der Waals surface area contributed by atoms with Gasteiger partial charge < -0.3 is 20.9 Å². The summed E-state index contributed by atoms with van der Waals surface area (Å²) in [5.74, 6) is -1.39. The number of nitrogens with zero attached hydrogens (tertiary/aromatic N) is 2. The molecule has 6 atom stereocenters. The van der Waals surface area contributed by atoms with E-state index in [1.165, 1.54) is 0 Å². The Morgan fingerprint density at radius 3 is 2.25 bits per heavy atom. The number of rotatable bonds is 15. The molecule has 1 aromatic rings. The molecule has 5 N–H and O–H groups in total. The summed E-state index contributed by atoms with van der Waals surface area (Å²) in [7, 11) is 0. The first kappa shape index (κ1) is 40.1. The summed E-state index contributed by atoms with van der Waals surface area (Å²) < 4.78 is 6.08. The molecule has 2 spiro atoms. The number of aromatic nitrogens is 1. The van der Waals surface area contributed by atoms with Crippen LogP contribution in [0.25, 0.3) is 0 Å². The summed E-state index contributed by atoms with van der Waals surface area (Å²) in [6.45, 7) is 23.6. The second-order valence-corrected chi connectivity index (χ2v) is 19.2. The minimum absolute atomic E-state index is 0.0460. The van der Waals surface area contributed by atoms with E-state index in [2.05, 4.69) is 57.7 Å². The van der Waals surface area contributed by atoms with Crippen molar-refractivity contribution in [3.05, 3.63) is 37.2 Å². The molecule has 0 bridgehead atoms. The van der Waals surface area contributed by atoms with Crippen LogP contribution in [0.2, 0.25) is 0 Å². The molecule has 1 aromatic heterocycles. The second kappa shape index (κ2) is 14.6. The highest BCUT2D eigenvalue weighted by molar-refractivity contribution is 7.96. The van der Waals surface area contributed by atoms with Gasteiger partial charge in [0.1, 0.15) is 23.7 Å². The Labute approximate surface area is 315 Å². The molecule has 3 saturated carbocycles. The lowest BCUT2D eigenvalue weighted by Crippen LogP contribution is -2.61. The lowest BCUT2D eigenvalue weighted by Gasteiger charge is -2.38. The number of nitrogens with one attached hydrogen (secondary N) is 5. The van der Waals surface area contributed by atoms with Crippen LogP contribution in [0.15, 0.2) is 37.2 Å². The molecule has 52 heavy (non-hydrogen) atoms. The fraction of sp³-hybridized carbons (Fsp3) is 0.725. The predicted molar refractivity (Wildman–Crippen MR) is 208 cm³/mol. The normalized spacial score (nSPS) is 28.0. The molecule has 1 saturated heterocycles.